The Morgan fingerprint density at radius 1 is 1.12 bits per heavy atom. The average Bonchev–Trinajstić information content (AvgIpc) is 2.58. The Labute approximate surface area is 151 Å². The van der Waals surface area contributed by atoms with Crippen molar-refractivity contribution in [3.05, 3.63) is 72.6 Å². The maximum atomic E-state index is 5.32. The van der Waals surface area contributed by atoms with Gasteiger partial charge in [0.05, 0.1) is 0 Å². The number of hydrogen-bond acceptors (Lipinski definition) is 4. The summed E-state index contributed by atoms with van der Waals surface area (Å²) in [6, 6.07) is 7.98. The van der Waals surface area contributed by atoms with Crippen molar-refractivity contribution in [2.75, 3.05) is 13.1 Å². The predicted molar refractivity (Wildman–Crippen MR) is 109 cm³/mol. The molecule has 0 unspecified atom stereocenters. The monoisotopic (exact) mass is 343 g/mol. The molecule has 4 heteroatoms. The summed E-state index contributed by atoms with van der Waals surface area (Å²) >= 11 is 4.45. The third kappa shape index (κ3) is 7.47. The molecule has 1 rings (SSSR count). The lowest BCUT2D eigenvalue weighted by molar-refractivity contribution is 0.633. The van der Waals surface area contributed by atoms with Gasteiger partial charge in [0, 0.05) is 34.9 Å². The van der Waals surface area contributed by atoms with Gasteiger partial charge in [-0.1, -0.05) is 37.4 Å². The van der Waals surface area contributed by atoms with Gasteiger partial charge in [0.15, 0.2) is 0 Å². The van der Waals surface area contributed by atoms with Crippen molar-refractivity contribution in [1.29, 1.82) is 0 Å². The van der Waals surface area contributed by atoms with Crippen LogP contribution < -0.4 is 16.4 Å². The minimum absolute atomic E-state index is 0.919. The molecular weight excluding hydrogens is 314 g/mol. The standard InChI is InChI=1S/C20H29N3S/c1-16(10-9-13-21)17(2)22-14-7-4-8-15-23-18(3)19-11-5-6-12-20(19)24/h5-6,9-13,22-24H,2-4,7-8,14-15,21H2,1H3/b13-9-,16-10+. The first-order valence-corrected chi connectivity index (χ1v) is 8.70. The van der Waals surface area contributed by atoms with Crippen LogP contribution in [0.1, 0.15) is 31.7 Å². The number of nitrogens with two attached hydrogens (primary N) is 1. The van der Waals surface area contributed by atoms with Crippen molar-refractivity contribution >= 4 is 18.3 Å². The Morgan fingerprint density at radius 3 is 2.46 bits per heavy atom. The maximum absolute atomic E-state index is 5.32. The van der Waals surface area contributed by atoms with Crippen LogP contribution >= 0.6 is 12.6 Å². The average molecular weight is 344 g/mol. The molecule has 0 aromatic heterocycles. The first-order valence-electron chi connectivity index (χ1n) is 8.25. The van der Waals surface area contributed by atoms with E-state index in [9.17, 15) is 0 Å². The molecule has 0 radical (unpaired) electrons. The van der Waals surface area contributed by atoms with Crippen molar-refractivity contribution in [3.8, 4) is 0 Å². The highest BCUT2D eigenvalue weighted by molar-refractivity contribution is 7.80. The smallest absolute Gasteiger partial charge is 0.0352 e. The normalized spacial score (nSPS) is 11.5. The second kappa shape index (κ2) is 11.5. The van der Waals surface area contributed by atoms with Gasteiger partial charge in [-0.15, -0.1) is 12.6 Å². The second-order valence-electron chi connectivity index (χ2n) is 5.62. The first-order chi connectivity index (χ1) is 11.6. The lowest BCUT2D eigenvalue weighted by Gasteiger charge is -2.12. The molecule has 3 nitrogen and oxygen atoms in total. The molecule has 0 saturated carbocycles. The molecule has 0 saturated heterocycles. The van der Waals surface area contributed by atoms with E-state index in [4.69, 9.17) is 5.73 Å². The fourth-order valence-corrected chi connectivity index (χ4v) is 2.46. The van der Waals surface area contributed by atoms with Crippen LogP contribution in [0, 0.1) is 0 Å². The summed E-state index contributed by atoms with van der Waals surface area (Å²) in [6.45, 7) is 12.0. The van der Waals surface area contributed by atoms with E-state index in [0.717, 1.165) is 59.8 Å². The van der Waals surface area contributed by atoms with Crippen LogP contribution in [0.2, 0.25) is 0 Å². The zero-order chi connectivity index (χ0) is 17.8. The highest BCUT2D eigenvalue weighted by atomic mass is 32.1. The van der Waals surface area contributed by atoms with E-state index in [1.165, 1.54) is 6.20 Å². The molecule has 0 aliphatic rings. The summed E-state index contributed by atoms with van der Waals surface area (Å²) in [7, 11) is 0. The second-order valence-corrected chi connectivity index (χ2v) is 6.10. The Kier molecular flexibility index (Phi) is 9.54. The Bertz CT molecular complexity index is 603. The topological polar surface area (TPSA) is 50.1 Å². The molecule has 24 heavy (non-hydrogen) atoms. The fourth-order valence-electron chi connectivity index (χ4n) is 2.17. The summed E-state index contributed by atoms with van der Waals surface area (Å²) in [6.07, 6.45) is 8.63. The van der Waals surface area contributed by atoms with Crippen molar-refractivity contribution in [1.82, 2.24) is 10.6 Å². The third-order valence-electron chi connectivity index (χ3n) is 3.69. The zero-order valence-corrected chi connectivity index (χ0v) is 15.4. The highest BCUT2D eigenvalue weighted by Crippen LogP contribution is 2.18. The van der Waals surface area contributed by atoms with Gasteiger partial charge in [-0.2, -0.15) is 0 Å². The van der Waals surface area contributed by atoms with Crippen LogP contribution in [0.4, 0.5) is 0 Å². The van der Waals surface area contributed by atoms with E-state index in [2.05, 4.69) is 36.4 Å². The molecule has 0 heterocycles. The Morgan fingerprint density at radius 2 is 1.79 bits per heavy atom. The number of unbranched alkanes of at least 4 members (excludes halogenated alkanes) is 2. The van der Waals surface area contributed by atoms with Gasteiger partial charge in [0.1, 0.15) is 0 Å². The van der Waals surface area contributed by atoms with Crippen molar-refractivity contribution in [2.45, 2.75) is 31.1 Å². The Balaban J connectivity index is 2.14. The molecule has 0 aliphatic heterocycles. The maximum Gasteiger partial charge on any atom is 0.0352 e. The van der Waals surface area contributed by atoms with E-state index < -0.39 is 0 Å². The molecule has 1 aromatic carbocycles. The Hall–Kier alpha value is -2.07. The molecule has 0 spiro atoms. The van der Waals surface area contributed by atoms with Crippen molar-refractivity contribution in [2.24, 2.45) is 5.73 Å². The lowest BCUT2D eigenvalue weighted by Crippen LogP contribution is -2.16. The number of allylic oxidation sites excluding steroid dienone is 3. The molecule has 130 valence electrons. The van der Waals surface area contributed by atoms with Crippen molar-refractivity contribution < 1.29 is 0 Å². The number of nitrogens with one attached hydrogen (secondary N) is 2. The number of thiol groups is 1. The van der Waals surface area contributed by atoms with Crippen molar-refractivity contribution in [3.63, 3.8) is 0 Å². The van der Waals surface area contributed by atoms with E-state index in [-0.39, 0.29) is 0 Å². The third-order valence-corrected chi connectivity index (χ3v) is 4.08. The molecule has 0 amide bonds. The van der Waals surface area contributed by atoms with E-state index in [1.807, 2.05) is 43.3 Å². The molecule has 0 atom stereocenters. The SMILES string of the molecule is C=C(NCCCCCNC(=C)c1ccccc1S)/C(C)=C/C=C\N. The summed E-state index contributed by atoms with van der Waals surface area (Å²) < 4.78 is 0. The van der Waals surface area contributed by atoms with E-state index >= 15 is 0 Å². The largest absolute Gasteiger partial charge is 0.405 e. The van der Waals surface area contributed by atoms with Crippen LogP contribution in [0.25, 0.3) is 5.70 Å². The molecule has 0 aliphatic carbocycles. The molecule has 4 N–H and O–H groups in total. The van der Waals surface area contributed by atoms with Crippen LogP contribution in [-0.2, 0) is 0 Å². The molecule has 0 fully saturated rings. The van der Waals surface area contributed by atoms with Crippen LogP contribution in [0.5, 0.6) is 0 Å². The molecule has 0 bridgehead atoms. The summed E-state index contributed by atoms with van der Waals surface area (Å²) in [4.78, 5) is 0.950. The molecular formula is C20H29N3S. The van der Waals surface area contributed by atoms with E-state index in [1.54, 1.807) is 0 Å². The number of rotatable bonds is 11. The summed E-state index contributed by atoms with van der Waals surface area (Å²) in [5.41, 5.74) is 9.36. The van der Waals surface area contributed by atoms with Gasteiger partial charge in [-0.25, -0.2) is 0 Å². The minimum atomic E-state index is 0.919. The van der Waals surface area contributed by atoms with Gasteiger partial charge in [0.25, 0.3) is 0 Å². The van der Waals surface area contributed by atoms with Crippen LogP contribution in [-0.4, -0.2) is 13.1 Å². The first kappa shape index (κ1) is 20.0. The number of hydrogen-bond donors (Lipinski definition) is 4. The lowest BCUT2D eigenvalue weighted by atomic mass is 10.1. The number of benzene rings is 1. The van der Waals surface area contributed by atoms with E-state index in [0.29, 0.717) is 0 Å². The van der Waals surface area contributed by atoms with Gasteiger partial charge < -0.3 is 16.4 Å². The molecule has 1 aromatic rings. The summed E-state index contributed by atoms with van der Waals surface area (Å²) in [5.74, 6) is 0. The zero-order valence-electron chi connectivity index (χ0n) is 14.5. The van der Waals surface area contributed by atoms with Crippen LogP contribution in [0.15, 0.2) is 71.9 Å². The fraction of sp³-hybridized carbons (Fsp3) is 0.300. The van der Waals surface area contributed by atoms with Gasteiger partial charge in [-0.05, 0) is 50.1 Å². The van der Waals surface area contributed by atoms with Crippen LogP contribution in [0.3, 0.4) is 0 Å². The van der Waals surface area contributed by atoms with Gasteiger partial charge in [-0.3, -0.25) is 0 Å². The predicted octanol–water partition coefficient (Wildman–Crippen LogP) is 4.23. The highest BCUT2D eigenvalue weighted by Gasteiger charge is 2.01. The quantitative estimate of drug-likeness (QED) is 0.276. The summed E-state index contributed by atoms with van der Waals surface area (Å²) in [5, 5.41) is 6.71. The van der Waals surface area contributed by atoms with Gasteiger partial charge in [0.2, 0.25) is 0 Å². The minimum Gasteiger partial charge on any atom is -0.405 e. The van der Waals surface area contributed by atoms with Gasteiger partial charge >= 0.3 is 0 Å².